The van der Waals surface area contributed by atoms with Crippen LogP contribution in [-0.4, -0.2) is 26.1 Å². The van der Waals surface area contributed by atoms with Gasteiger partial charge in [0.1, 0.15) is 5.75 Å². The molecular formula is C13H17ClN2O2. The highest BCUT2D eigenvalue weighted by molar-refractivity contribution is 6.32. The number of carbonyl (C=O) groups is 1. The molecule has 1 aromatic carbocycles. The van der Waals surface area contributed by atoms with Crippen LogP contribution in [0.2, 0.25) is 5.02 Å². The third-order valence-electron chi connectivity index (χ3n) is 3.33. The molecule has 1 aromatic rings. The van der Waals surface area contributed by atoms with E-state index in [-0.39, 0.29) is 11.3 Å². The molecule has 2 rings (SSSR count). The predicted molar refractivity (Wildman–Crippen MR) is 72.2 cm³/mol. The van der Waals surface area contributed by atoms with Crippen molar-refractivity contribution in [1.82, 2.24) is 5.32 Å². The molecule has 0 aliphatic carbocycles. The number of anilines is 1. The molecule has 1 amide bonds. The average Bonchev–Trinajstić information content (AvgIpc) is 2.80. The van der Waals surface area contributed by atoms with E-state index in [1.165, 1.54) is 0 Å². The molecule has 0 bridgehead atoms. The van der Waals surface area contributed by atoms with Gasteiger partial charge in [-0.25, -0.2) is 0 Å². The van der Waals surface area contributed by atoms with E-state index in [0.29, 0.717) is 23.0 Å². The fourth-order valence-corrected chi connectivity index (χ4v) is 2.22. The van der Waals surface area contributed by atoms with Gasteiger partial charge in [0.2, 0.25) is 5.91 Å². The Balaban J connectivity index is 2.11. The summed E-state index contributed by atoms with van der Waals surface area (Å²) in [4.78, 5) is 12.2. The maximum absolute atomic E-state index is 12.2. The lowest BCUT2D eigenvalue weighted by molar-refractivity contribution is -0.123. The highest BCUT2D eigenvalue weighted by atomic mass is 35.5. The molecule has 1 aliphatic heterocycles. The van der Waals surface area contributed by atoms with Gasteiger partial charge in [-0.2, -0.15) is 0 Å². The van der Waals surface area contributed by atoms with Gasteiger partial charge in [-0.1, -0.05) is 11.6 Å². The number of nitrogens with one attached hydrogen (secondary N) is 2. The van der Waals surface area contributed by atoms with Gasteiger partial charge in [-0.05, 0) is 32.0 Å². The Labute approximate surface area is 112 Å². The Kier molecular flexibility index (Phi) is 3.78. The van der Waals surface area contributed by atoms with Crippen LogP contribution in [0.5, 0.6) is 5.75 Å². The average molecular weight is 269 g/mol. The molecule has 0 radical (unpaired) electrons. The lowest BCUT2D eigenvalue weighted by atomic mass is 9.89. The zero-order valence-electron chi connectivity index (χ0n) is 10.5. The van der Waals surface area contributed by atoms with Gasteiger partial charge in [0.15, 0.2) is 0 Å². The van der Waals surface area contributed by atoms with E-state index in [0.717, 1.165) is 13.0 Å². The van der Waals surface area contributed by atoms with Crippen LogP contribution < -0.4 is 15.4 Å². The quantitative estimate of drug-likeness (QED) is 0.884. The molecule has 1 aliphatic rings. The van der Waals surface area contributed by atoms with Gasteiger partial charge in [0.25, 0.3) is 0 Å². The number of halogens is 1. The SMILES string of the molecule is COc1cc(NC(=O)C2(C)CCNC2)ccc1Cl. The van der Waals surface area contributed by atoms with Gasteiger partial charge in [-0.15, -0.1) is 0 Å². The Morgan fingerprint density at radius 1 is 1.56 bits per heavy atom. The van der Waals surface area contributed by atoms with Gasteiger partial charge in [0.05, 0.1) is 17.5 Å². The van der Waals surface area contributed by atoms with E-state index in [2.05, 4.69) is 10.6 Å². The third kappa shape index (κ3) is 2.60. The Morgan fingerprint density at radius 3 is 2.94 bits per heavy atom. The maximum atomic E-state index is 12.2. The van der Waals surface area contributed by atoms with Gasteiger partial charge >= 0.3 is 0 Å². The van der Waals surface area contributed by atoms with E-state index in [9.17, 15) is 4.79 Å². The second-order valence-corrected chi connectivity index (χ2v) is 5.20. The normalized spacial score (nSPS) is 22.8. The number of hydrogen-bond donors (Lipinski definition) is 2. The van der Waals surface area contributed by atoms with Crippen molar-refractivity contribution < 1.29 is 9.53 Å². The summed E-state index contributed by atoms with van der Waals surface area (Å²) >= 11 is 5.94. The molecule has 0 saturated carbocycles. The molecule has 1 fully saturated rings. The number of hydrogen-bond acceptors (Lipinski definition) is 3. The zero-order chi connectivity index (χ0) is 13.2. The first-order valence-electron chi connectivity index (χ1n) is 5.91. The molecule has 2 N–H and O–H groups in total. The third-order valence-corrected chi connectivity index (χ3v) is 3.64. The monoisotopic (exact) mass is 268 g/mol. The summed E-state index contributed by atoms with van der Waals surface area (Å²) in [5, 5.41) is 6.64. The van der Waals surface area contributed by atoms with Crippen LogP contribution >= 0.6 is 11.6 Å². The summed E-state index contributed by atoms with van der Waals surface area (Å²) in [6, 6.07) is 5.21. The molecule has 98 valence electrons. The van der Waals surface area contributed by atoms with Crippen LogP contribution in [0.25, 0.3) is 0 Å². The Bertz CT molecular complexity index is 456. The van der Waals surface area contributed by atoms with Crippen molar-refractivity contribution in [1.29, 1.82) is 0 Å². The molecule has 1 unspecified atom stereocenters. The molecular weight excluding hydrogens is 252 g/mol. The molecule has 0 spiro atoms. The van der Waals surface area contributed by atoms with Crippen molar-refractivity contribution in [2.75, 3.05) is 25.5 Å². The molecule has 18 heavy (non-hydrogen) atoms. The van der Waals surface area contributed by atoms with E-state index in [1.54, 1.807) is 25.3 Å². The molecule has 1 atom stereocenters. The minimum absolute atomic E-state index is 0.0249. The van der Waals surface area contributed by atoms with Gasteiger partial charge in [0, 0.05) is 18.3 Å². The van der Waals surface area contributed by atoms with Crippen molar-refractivity contribution >= 4 is 23.2 Å². The summed E-state index contributed by atoms with van der Waals surface area (Å²) in [5.41, 5.74) is 0.363. The van der Waals surface area contributed by atoms with Crippen LogP contribution in [0, 0.1) is 5.41 Å². The van der Waals surface area contributed by atoms with E-state index < -0.39 is 0 Å². The van der Waals surface area contributed by atoms with Crippen LogP contribution in [0.1, 0.15) is 13.3 Å². The van der Waals surface area contributed by atoms with Crippen molar-refractivity contribution in [3.05, 3.63) is 23.2 Å². The van der Waals surface area contributed by atoms with E-state index in [1.807, 2.05) is 6.92 Å². The fraction of sp³-hybridized carbons (Fsp3) is 0.462. The maximum Gasteiger partial charge on any atom is 0.231 e. The highest BCUT2D eigenvalue weighted by Crippen LogP contribution is 2.30. The van der Waals surface area contributed by atoms with Crippen molar-refractivity contribution in [2.45, 2.75) is 13.3 Å². The summed E-state index contributed by atoms with van der Waals surface area (Å²) in [7, 11) is 1.55. The number of ether oxygens (including phenoxy) is 1. The van der Waals surface area contributed by atoms with Crippen LogP contribution in [0.3, 0.4) is 0 Å². The topological polar surface area (TPSA) is 50.4 Å². The Hall–Kier alpha value is -1.26. The highest BCUT2D eigenvalue weighted by Gasteiger charge is 2.36. The predicted octanol–water partition coefficient (Wildman–Crippen LogP) is 2.29. The standard InChI is InChI=1S/C13H17ClN2O2/c1-13(5-6-15-8-13)12(17)16-9-3-4-10(14)11(7-9)18-2/h3-4,7,15H,5-6,8H2,1-2H3,(H,16,17). The Morgan fingerprint density at radius 2 is 2.33 bits per heavy atom. The van der Waals surface area contributed by atoms with Crippen LogP contribution in [0.4, 0.5) is 5.69 Å². The number of carbonyl (C=O) groups excluding carboxylic acids is 1. The van der Waals surface area contributed by atoms with E-state index >= 15 is 0 Å². The first-order chi connectivity index (χ1) is 8.55. The first kappa shape index (κ1) is 13.2. The molecule has 1 saturated heterocycles. The number of benzene rings is 1. The largest absolute Gasteiger partial charge is 0.495 e. The second-order valence-electron chi connectivity index (χ2n) is 4.79. The van der Waals surface area contributed by atoms with Crippen LogP contribution in [0.15, 0.2) is 18.2 Å². The number of amides is 1. The second kappa shape index (κ2) is 5.16. The van der Waals surface area contributed by atoms with Crippen molar-refractivity contribution in [3.8, 4) is 5.75 Å². The number of rotatable bonds is 3. The summed E-state index contributed by atoms with van der Waals surface area (Å²) in [6.45, 7) is 3.56. The first-order valence-corrected chi connectivity index (χ1v) is 6.29. The van der Waals surface area contributed by atoms with Gasteiger partial charge in [-0.3, -0.25) is 4.79 Å². The lowest BCUT2D eigenvalue weighted by Crippen LogP contribution is -2.35. The molecule has 4 nitrogen and oxygen atoms in total. The molecule has 0 aromatic heterocycles. The summed E-state index contributed by atoms with van der Waals surface area (Å²) in [5.74, 6) is 0.584. The molecule has 5 heteroatoms. The van der Waals surface area contributed by atoms with Crippen molar-refractivity contribution in [2.24, 2.45) is 5.41 Å². The van der Waals surface area contributed by atoms with Crippen LogP contribution in [-0.2, 0) is 4.79 Å². The fourth-order valence-electron chi connectivity index (χ4n) is 2.03. The number of methoxy groups -OCH3 is 1. The zero-order valence-corrected chi connectivity index (χ0v) is 11.3. The molecule has 1 heterocycles. The lowest BCUT2D eigenvalue weighted by Gasteiger charge is -2.21. The minimum atomic E-state index is -0.340. The van der Waals surface area contributed by atoms with Gasteiger partial charge < -0.3 is 15.4 Å². The summed E-state index contributed by atoms with van der Waals surface area (Å²) in [6.07, 6.45) is 0.851. The van der Waals surface area contributed by atoms with Crippen molar-refractivity contribution in [3.63, 3.8) is 0 Å². The minimum Gasteiger partial charge on any atom is -0.495 e. The summed E-state index contributed by atoms with van der Waals surface area (Å²) < 4.78 is 5.12. The van der Waals surface area contributed by atoms with E-state index in [4.69, 9.17) is 16.3 Å². The smallest absolute Gasteiger partial charge is 0.231 e.